The summed E-state index contributed by atoms with van der Waals surface area (Å²) in [5.41, 5.74) is 1.71. The van der Waals surface area contributed by atoms with Crippen LogP contribution >= 0.6 is 0 Å². The average molecular weight is 357 g/mol. The molecule has 4 rings (SSSR count). The van der Waals surface area contributed by atoms with Gasteiger partial charge in [-0.05, 0) is 36.8 Å². The summed E-state index contributed by atoms with van der Waals surface area (Å²) in [5, 5.41) is 0. The molecule has 0 spiro atoms. The van der Waals surface area contributed by atoms with Crippen molar-refractivity contribution < 1.29 is 13.2 Å². The quantitative estimate of drug-likeness (QED) is 0.794. The SMILES string of the molecule is O=S(=O)(c1ccccc1-c1ccccc1)N(CC1CCOC1)C1CC1. The predicted molar refractivity (Wildman–Crippen MR) is 97.7 cm³/mol. The number of rotatable bonds is 6. The molecular formula is C20H23NO3S. The second-order valence-corrected chi connectivity index (χ2v) is 8.76. The van der Waals surface area contributed by atoms with Gasteiger partial charge in [-0.1, -0.05) is 48.5 Å². The highest BCUT2D eigenvalue weighted by Gasteiger charge is 2.40. The molecule has 1 aliphatic heterocycles. The average Bonchev–Trinajstić information content (AvgIpc) is 3.35. The minimum Gasteiger partial charge on any atom is -0.381 e. The zero-order valence-electron chi connectivity index (χ0n) is 14.2. The molecule has 1 aliphatic carbocycles. The molecule has 0 bridgehead atoms. The third-order valence-electron chi connectivity index (χ3n) is 4.97. The van der Waals surface area contributed by atoms with Crippen molar-refractivity contribution in [2.75, 3.05) is 19.8 Å². The van der Waals surface area contributed by atoms with Crippen LogP contribution in [0.15, 0.2) is 59.5 Å². The molecular weight excluding hydrogens is 334 g/mol. The molecule has 132 valence electrons. The molecule has 2 aliphatic rings. The Kier molecular flexibility index (Phi) is 4.63. The molecule has 1 saturated carbocycles. The highest BCUT2D eigenvalue weighted by atomic mass is 32.2. The Balaban J connectivity index is 1.71. The van der Waals surface area contributed by atoms with E-state index in [1.807, 2.05) is 48.5 Å². The van der Waals surface area contributed by atoms with Crippen molar-refractivity contribution >= 4 is 10.0 Å². The summed E-state index contributed by atoms with van der Waals surface area (Å²) in [6.07, 6.45) is 2.86. The Morgan fingerprint density at radius 1 is 0.960 bits per heavy atom. The van der Waals surface area contributed by atoms with Crippen LogP contribution in [0.5, 0.6) is 0 Å². The molecule has 0 N–H and O–H groups in total. The molecule has 2 fully saturated rings. The lowest BCUT2D eigenvalue weighted by Crippen LogP contribution is -2.37. The lowest BCUT2D eigenvalue weighted by Gasteiger charge is -2.25. The third kappa shape index (κ3) is 3.50. The van der Waals surface area contributed by atoms with Crippen molar-refractivity contribution in [2.24, 2.45) is 5.92 Å². The van der Waals surface area contributed by atoms with Gasteiger partial charge in [-0.2, -0.15) is 4.31 Å². The molecule has 0 amide bonds. The standard InChI is InChI=1S/C20H23NO3S/c22-25(23,21(18-10-11-18)14-16-12-13-24-15-16)20-9-5-4-8-19(20)17-6-2-1-3-7-17/h1-9,16,18H,10-15H2. The molecule has 2 aromatic carbocycles. The van der Waals surface area contributed by atoms with Crippen molar-refractivity contribution in [1.82, 2.24) is 4.31 Å². The Hall–Kier alpha value is -1.69. The summed E-state index contributed by atoms with van der Waals surface area (Å²) in [7, 11) is -3.53. The number of hydrogen-bond donors (Lipinski definition) is 0. The van der Waals surface area contributed by atoms with Crippen molar-refractivity contribution in [3.05, 3.63) is 54.6 Å². The van der Waals surface area contributed by atoms with Gasteiger partial charge in [0.2, 0.25) is 10.0 Å². The Morgan fingerprint density at radius 3 is 2.36 bits per heavy atom. The minimum atomic E-state index is -3.53. The van der Waals surface area contributed by atoms with E-state index in [2.05, 4.69) is 0 Å². The first-order valence-electron chi connectivity index (χ1n) is 8.90. The van der Waals surface area contributed by atoms with Crippen molar-refractivity contribution in [2.45, 2.75) is 30.2 Å². The minimum absolute atomic E-state index is 0.148. The lowest BCUT2D eigenvalue weighted by atomic mass is 10.1. The first-order chi connectivity index (χ1) is 12.2. The van der Waals surface area contributed by atoms with Crippen LogP contribution in [0, 0.1) is 5.92 Å². The smallest absolute Gasteiger partial charge is 0.243 e. The zero-order valence-corrected chi connectivity index (χ0v) is 15.0. The van der Waals surface area contributed by atoms with E-state index in [9.17, 15) is 8.42 Å². The van der Waals surface area contributed by atoms with E-state index in [1.54, 1.807) is 10.4 Å². The monoisotopic (exact) mass is 357 g/mol. The van der Waals surface area contributed by atoms with Gasteiger partial charge in [-0.3, -0.25) is 0 Å². The van der Waals surface area contributed by atoms with E-state index in [4.69, 9.17) is 4.74 Å². The number of nitrogens with zero attached hydrogens (tertiary/aromatic N) is 1. The van der Waals surface area contributed by atoms with Gasteiger partial charge in [0.05, 0.1) is 11.5 Å². The molecule has 0 aromatic heterocycles. The molecule has 0 radical (unpaired) electrons. The molecule has 2 aromatic rings. The van der Waals surface area contributed by atoms with Crippen molar-refractivity contribution in [3.8, 4) is 11.1 Å². The molecule has 1 atom stereocenters. The summed E-state index contributed by atoms with van der Waals surface area (Å²) < 4.78 is 34.1. The van der Waals surface area contributed by atoms with Gasteiger partial charge in [0.1, 0.15) is 0 Å². The van der Waals surface area contributed by atoms with Crippen molar-refractivity contribution in [1.29, 1.82) is 0 Å². The third-order valence-corrected chi connectivity index (χ3v) is 6.95. The maximum Gasteiger partial charge on any atom is 0.243 e. The Labute approximate surface area is 149 Å². The van der Waals surface area contributed by atoms with E-state index >= 15 is 0 Å². The summed E-state index contributed by atoms with van der Waals surface area (Å²) in [5.74, 6) is 0.305. The molecule has 5 heteroatoms. The fraction of sp³-hybridized carbons (Fsp3) is 0.400. The first-order valence-corrected chi connectivity index (χ1v) is 10.3. The number of ether oxygens (including phenoxy) is 1. The largest absolute Gasteiger partial charge is 0.381 e. The first kappa shape index (κ1) is 16.8. The summed E-state index contributed by atoms with van der Waals surface area (Å²) >= 11 is 0. The molecule has 4 nitrogen and oxygen atoms in total. The Morgan fingerprint density at radius 2 is 1.68 bits per heavy atom. The highest BCUT2D eigenvalue weighted by molar-refractivity contribution is 7.89. The van der Waals surface area contributed by atoms with E-state index < -0.39 is 10.0 Å². The van der Waals surface area contributed by atoms with E-state index in [0.717, 1.165) is 37.0 Å². The van der Waals surface area contributed by atoms with Crippen LogP contribution in [0.3, 0.4) is 0 Å². The summed E-state index contributed by atoms with van der Waals surface area (Å²) in [6.45, 7) is 1.97. The van der Waals surface area contributed by atoms with Crippen LogP contribution in [0.1, 0.15) is 19.3 Å². The Bertz CT molecular complexity index is 825. The topological polar surface area (TPSA) is 46.6 Å². The van der Waals surface area contributed by atoms with Crippen molar-refractivity contribution in [3.63, 3.8) is 0 Å². The second-order valence-electron chi connectivity index (χ2n) is 6.90. The number of benzene rings is 2. The fourth-order valence-electron chi connectivity index (χ4n) is 3.46. The van der Waals surface area contributed by atoms with Crippen LogP contribution in [-0.4, -0.2) is 38.5 Å². The van der Waals surface area contributed by atoms with Crippen LogP contribution in [0.4, 0.5) is 0 Å². The molecule has 1 unspecified atom stereocenters. The van der Waals surface area contributed by atoms with Crippen LogP contribution in [0.25, 0.3) is 11.1 Å². The van der Waals surface area contributed by atoms with Gasteiger partial charge in [0.25, 0.3) is 0 Å². The van der Waals surface area contributed by atoms with E-state index in [-0.39, 0.29) is 6.04 Å². The zero-order chi connectivity index (χ0) is 17.3. The summed E-state index contributed by atoms with van der Waals surface area (Å²) in [6, 6.07) is 17.2. The van der Waals surface area contributed by atoms with Crippen LogP contribution in [-0.2, 0) is 14.8 Å². The van der Waals surface area contributed by atoms with E-state index in [1.165, 1.54) is 0 Å². The van der Waals surface area contributed by atoms with Crippen LogP contribution < -0.4 is 0 Å². The number of hydrogen-bond acceptors (Lipinski definition) is 3. The molecule has 25 heavy (non-hydrogen) atoms. The van der Waals surface area contributed by atoms with Gasteiger partial charge >= 0.3 is 0 Å². The van der Waals surface area contributed by atoms with Gasteiger partial charge in [0.15, 0.2) is 0 Å². The highest BCUT2D eigenvalue weighted by Crippen LogP contribution is 2.36. The summed E-state index contributed by atoms with van der Waals surface area (Å²) in [4.78, 5) is 0.409. The lowest BCUT2D eigenvalue weighted by molar-refractivity contribution is 0.180. The van der Waals surface area contributed by atoms with Gasteiger partial charge < -0.3 is 4.74 Å². The predicted octanol–water partition coefficient (Wildman–Crippen LogP) is 3.54. The van der Waals surface area contributed by atoms with E-state index in [0.29, 0.717) is 24.0 Å². The van der Waals surface area contributed by atoms with Crippen LogP contribution in [0.2, 0.25) is 0 Å². The fourth-order valence-corrected chi connectivity index (χ4v) is 5.44. The second kappa shape index (κ2) is 6.90. The molecule has 1 saturated heterocycles. The van der Waals surface area contributed by atoms with Gasteiger partial charge in [0, 0.05) is 24.8 Å². The maximum absolute atomic E-state index is 13.5. The maximum atomic E-state index is 13.5. The number of sulfonamides is 1. The molecule has 1 heterocycles. The van der Waals surface area contributed by atoms with Gasteiger partial charge in [-0.25, -0.2) is 8.42 Å². The van der Waals surface area contributed by atoms with Gasteiger partial charge in [-0.15, -0.1) is 0 Å². The normalized spacial score (nSPS) is 20.9.